The summed E-state index contributed by atoms with van der Waals surface area (Å²) in [7, 11) is 3.24. The van der Waals surface area contributed by atoms with Crippen molar-refractivity contribution in [3.8, 4) is 5.75 Å². The number of ether oxygens (including phenoxy) is 1. The van der Waals surface area contributed by atoms with E-state index in [1.165, 1.54) is 24.0 Å². The highest BCUT2D eigenvalue weighted by molar-refractivity contribution is 7.99. The summed E-state index contributed by atoms with van der Waals surface area (Å²) < 4.78 is 6.86. The Labute approximate surface area is 153 Å². The van der Waals surface area contributed by atoms with E-state index < -0.39 is 4.92 Å². The first-order chi connectivity index (χ1) is 12.5. The first kappa shape index (κ1) is 17.7. The molecule has 3 rings (SSSR count). The van der Waals surface area contributed by atoms with Crippen molar-refractivity contribution < 1.29 is 14.5 Å². The van der Waals surface area contributed by atoms with Crippen LogP contribution < -0.4 is 4.74 Å². The number of carbonyl (C=O) groups is 1. The Kier molecular flexibility index (Phi) is 5.04. The largest absolute Gasteiger partial charge is 0.496 e. The third-order valence-electron chi connectivity index (χ3n) is 3.73. The molecule has 0 saturated carbocycles. The van der Waals surface area contributed by atoms with Gasteiger partial charge in [0, 0.05) is 31.1 Å². The van der Waals surface area contributed by atoms with Crippen molar-refractivity contribution >= 4 is 23.2 Å². The van der Waals surface area contributed by atoms with Crippen molar-refractivity contribution in [2.24, 2.45) is 7.05 Å². The fourth-order valence-electron chi connectivity index (χ4n) is 2.42. The monoisotopic (exact) mass is 369 g/mol. The number of aromatic nitrogens is 2. The smallest absolute Gasteiger partial charge is 0.283 e. The van der Waals surface area contributed by atoms with E-state index in [4.69, 9.17) is 4.74 Å². The summed E-state index contributed by atoms with van der Waals surface area (Å²) in [6, 6.07) is 11.7. The number of hydrogen-bond acceptors (Lipinski definition) is 6. The lowest BCUT2D eigenvalue weighted by Gasteiger charge is -2.09. The SMILES string of the molecule is COc1ccccc1Sc1ccc(C(=O)c2nccn2C)cc1[N+](=O)[O-]. The maximum Gasteiger partial charge on any atom is 0.283 e. The maximum absolute atomic E-state index is 12.5. The molecule has 0 spiro atoms. The molecule has 0 radical (unpaired) electrons. The normalized spacial score (nSPS) is 10.5. The zero-order valence-corrected chi connectivity index (χ0v) is 14.9. The van der Waals surface area contributed by atoms with Crippen molar-refractivity contribution in [1.29, 1.82) is 0 Å². The maximum atomic E-state index is 12.5. The number of carbonyl (C=O) groups excluding carboxylic acids is 1. The number of para-hydroxylation sites is 1. The number of nitrogens with zero attached hydrogens (tertiary/aromatic N) is 3. The van der Waals surface area contributed by atoms with E-state index in [9.17, 15) is 14.9 Å². The van der Waals surface area contributed by atoms with E-state index in [0.717, 1.165) is 4.90 Å². The van der Waals surface area contributed by atoms with Gasteiger partial charge in [-0.2, -0.15) is 0 Å². The molecule has 0 fully saturated rings. The predicted molar refractivity (Wildman–Crippen MR) is 96.9 cm³/mol. The van der Waals surface area contributed by atoms with Gasteiger partial charge in [0.05, 0.1) is 21.8 Å². The number of benzene rings is 2. The Morgan fingerprint density at radius 1 is 1.23 bits per heavy atom. The van der Waals surface area contributed by atoms with Gasteiger partial charge in [0.2, 0.25) is 5.78 Å². The summed E-state index contributed by atoms with van der Waals surface area (Å²) in [6.07, 6.45) is 3.15. The summed E-state index contributed by atoms with van der Waals surface area (Å²) in [4.78, 5) is 28.8. The van der Waals surface area contributed by atoms with Crippen molar-refractivity contribution in [2.45, 2.75) is 9.79 Å². The van der Waals surface area contributed by atoms with E-state index in [-0.39, 0.29) is 22.9 Å². The molecule has 7 nitrogen and oxygen atoms in total. The molecular formula is C18H15N3O4S. The average molecular weight is 369 g/mol. The van der Waals surface area contributed by atoms with Crippen molar-refractivity contribution in [3.05, 3.63) is 76.4 Å². The number of nitro groups is 1. The Hall–Kier alpha value is -3.13. The molecule has 0 aliphatic carbocycles. The van der Waals surface area contributed by atoms with E-state index in [1.807, 2.05) is 18.2 Å². The molecule has 0 N–H and O–H groups in total. The van der Waals surface area contributed by atoms with Crippen LogP contribution in [-0.4, -0.2) is 27.4 Å². The minimum Gasteiger partial charge on any atom is -0.496 e. The highest BCUT2D eigenvalue weighted by atomic mass is 32.2. The zero-order chi connectivity index (χ0) is 18.7. The Morgan fingerprint density at radius 2 is 2.00 bits per heavy atom. The van der Waals surface area contributed by atoms with Crippen LogP contribution in [0.1, 0.15) is 16.2 Å². The second-order valence-electron chi connectivity index (χ2n) is 5.38. The van der Waals surface area contributed by atoms with E-state index in [2.05, 4.69) is 4.98 Å². The number of methoxy groups -OCH3 is 1. The number of aryl methyl sites for hydroxylation is 1. The Balaban J connectivity index is 1.99. The van der Waals surface area contributed by atoms with Crippen LogP contribution in [0.2, 0.25) is 0 Å². The molecule has 1 aromatic heterocycles. The van der Waals surface area contributed by atoms with Crippen LogP contribution in [0.4, 0.5) is 5.69 Å². The summed E-state index contributed by atoms with van der Waals surface area (Å²) in [5.74, 6) is 0.485. The molecule has 2 aromatic carbocycles. The van der Waals surface area contributed by atoms with Gasteiger partial charge in [-0.25, -0.2) is 4.98 Å². The molecule has 0 atom stereocenters. The van der Waals surface area contributed by atoms with Gasteiger partial charge in [0.25, 0.3) is 5.69 Å². The van der Waals surface area contributed by atoms with E-state index in [0.29, 0.717) is 10.6 Å². The van der Waals surface area contributed by atoms with Gasteiger partial charge in [0.15, 0.2) is 5.82 Å². The fourth-order valence-corrected chi connectivity index (χ4v) is 3.43. The van der Waals surface area contributed by atoms with Gasteiger partial charge < -0.3 is 9.30 Å². The molecule has 8 heteroatoms. The molecule has 1 heterocycles. The van der Waals surface area contributed by atoms with Crippen LogP contribution in [0.25, 0.3) is 0 Å². The molecule has 26 heavy (non-hydrogen) atoms. The molecule has 0 bridgehead atoms. The highest BCUT2D eigenvalue weighted by Gasteiger charge is 2.21. The quantitative estimate of drug-likeness (QED) is 0.374. The topological polar surface area (TPSA) is 87.3 Å². The van der Waals surface area contributed by atoms with Crippen LogP contribution in [0.3, 0.4) is 0 Å². The minimum atomic E-state index is -0.493. The number of ketones is 1. The fraction of sp³-hybridized carbons (Fsp3) is 0.111. The van der Waals surface area contributed by atoms with Gasteiger partial charge in [-0.05, 0) is 24.3 Å². The van der Waals surface area contributed by atoms with Gasteiger partial charge >= 0.3 is 0 Å². The predicted octanol–water partition coefficient (Wildman–Crippen LogP) is 3.72. The standard InChI is InChI=1S/C18H15N3O4S/c1-20-10-9-19-18(20)17(22)12-7-8-15(13(11-12)21(23)24)26-16-6-4-3-5-14(16)25-2/h3-11H,1-2H3. The molecular weight excluding hydrogens is 354 g/mol. The van der Waals surface area contributed by atoms with Gasteiger partial charge in [0.1, 0.15) is 5.75 Å². The molecule has 0 unspecified atom stereocenters. The summed E-state index contributed by atoms with van der Waals surface area (Å²) in [6.45, 7) is 0. The van der Waals surface area contributed by atoms with Crippen molar-refractivity contribution in [2.75, 3.05) is 7.11 Å². The summed E-state index contributed by atoms with van der Waals surface area (Å²) in [5.41, 5.74) is 0.0799. The average Bonchev–Trinajstić information content (AvgIpc) is 3.07. The zero-order valence-electron chi connectivity index (χ0n) is 14.1. The number of hydrogen-bond donors (Lipinski definition) is 0. The van der Waals surface area contributed by atoms with Crippen LogP contribution in [0, 0.1) is 10.1 Å². The summed E-state index contributed by atoms with van der Waals surface area (Å²) in [5, 5.41) is 11.5. The lowest BCUT2D eigenvalue weighted by Crippen LogP contribution is -2.09. The Morgan fingerprint density at radius 3 is 2.65 bits per heavy atom. The lowest BCUT2D eigenvalue weighted by atomic mass is 10.1. The van der Waals surface area contributed by atoms with Crippen molar-refractivity contribution in [1.82, 2.24) is 9.55 Å². The van der Waals surface area contributed by atoms with Gasteiger partial charge in [-0.1, -0.05) is 23.9 Å². The number of imidazole rings is 1. The van der Waals surface area contributed by atoms with Gasteiger partial charge in [-0.15, -0.1) is 0 Å². The molecule has 132 valence electrons. The molecule has 3 aromatic rings. The molecule has 0 saturated heterocycles. The first-order valence-corrected chi connectivity index (χ1v) is 8.44. The van der Waals surface area contributed by atoms with Crippen LogP contribution >= 0.6 is 11.8 Å². The molecule has 0 aliphatic rings. The minimum absolute atomic E-state index is 0.138. The molecule has 0 amide bonds. The molecule has 0 aliphatic heterocycles. The second-order valence-corrected chi connectivity index (χ2v) is 6.47. The lowest BCUT2D eigenvalue weighted by molar-refractivity contribution is -0.387. The second kappa shape index (κ2) is 7.40. The summed E-state index contributed by atoms with van der Waals surface area (Å²) >= 11 is 1.22. The van der Waals surface area contributed by atoms with Crippen LogP contribution in [-0.2, 0) is 7.05 Å². The number of nitro benzene ring substituents is 1. The van der Waals surface area contributed by atoms with E-state index in [1.54, 1.807) is 43.1 Å². The third kappa shape index (κ3) is 3.45. The highest BCUT2D eigenvalue weighted by Crippen LogP contribution is 2.39. The van der Waals surface area contributed by atoms with Crippen LogP contribution in [0.5, 0.6) is 5.75 Å². The Bertz CT molecular complexity index is 984. The third-order valence-corrected chi connectivity index (χ3v) is 4.85. The first-order valence-electron chi connectivity index (χ1n) is 7.62. The van der Waals surface area contributed by atoms with Gasteiger partial charge in [-0.3, -0.25) is 14.9 Å². The van der Waals surface area contributed by atoms with E-state index >= 15 is 0 Å². The van der Waals surface area contributed by atoms with Crippen molar-refractivity contribution in [3.63, 3.8) is 0 Å². The number of rotatable bonds is 6. The van der Waals surface area contributed by atoms with Crippen LogP contribution in [0.15, 0.2) is 64.6 Å².